The molecular formula is C4H11NO3. The highest BCUT2D eigenvalue weighted by molar-refractivity contribution is 4.64. The molecule has 0 heterocycles. The summed E-state index contributed by atoms with van der Waals surface area (Å²) in [6, 6.07) is 0. The van der Waals surface area contributed by atoms with Crippen molar-refractivity contribution >= 4 is 0 Å². The maximum Gasteiger partial charge on any atom is 0.104 e. The number of nitrogens with two attached hydrogens (primary N) is 1. The largest absolute Gasteiger partial charge is 0.394 e. The molecule has 0 aliphatic carbocycles. The van der Waals surface area contributed by atoms with Crippen molar-refractivity contribution in [1.82, 2.24) is 0 Å². The molecule has 0 radical (unpaired) electrons. The fourth-order valence-electron chi connectivity index (χ4n) is 0.279. The van der Waals surface area contributed by atoms with E-state index in [1.54, 1.807) is 0 Å². The maximum atomic E-state index is 8.59. The second-order valence-electron chi connectivity index (χ2n) is 1.55. The third kappa shape index (κ3) is 2.23. The smallest absolute Gasteiger partial charge is 0.104 e. The molecule has 0 aromatic heterocycles. The van der Waals surface area contributed by atoms with Gasteiger partial charge in [-0.2, -0.15) is 0 Å². The van der Waals surface area contributed by atoms with Gasteiger partial charge < -0.3 is 21.1 Å². The van der Waals surface area contributed by atoms with Crippen molar-refractivity contribution in [3.63, 3.8) is 0 Å². The van der Waals surface area contributed by atoms with Crippen LogP contribution in [0.25, 0.3) is 0 Å². The van der Waals surface area contributed by atoms with Crippen molar-refractivity contribution in [2.75, 3.05) is 13.2 Å². The first-order valence-corrected chi connectivity index (χ1v) is 2.39. The normalized spacial score (nSPS) is 18.0. The van der Waals surface area contributed by atoms with E-state index in [1.165, 1.54) is 0 Å². The summed E-state index contributed by atoms with van der Waals surface area (Å²) >= 11 is 0. The number of rotatable bonds is 3. The molecule has 0 rings (SSSR count). The number of hydrogen-bond donors (Lipinski definition) is 4. The average Bonchev–Trinajstić information content (AvgIpc) is 1.84. The van der Waals surface area contributed by atoms with E-state index in [9.17, 15) is 0 Å². The van der Waals surface area contributed by atoms with Crippen LogP contribution in [0.1, 0.15) is 0 Å². The second kappa shape index (κ2) is 3.80. The van der Waals surface area contributed by atoms with Crippen molar-refractivity contribution in [1.29, 1.82) is 0 Å². The summed E-state index contributed by atoms with van der Waals surface area (Å²) < 4.78 is 0. The van der Waals surface area contributed by atoms with Crippen LogP contribution < -0.4 is 5.73 Å². The molecule has 0 saturated heterocycles. The fourth-order valence-corrected chi connectivity index (χ4v) is 0.279. The minimum atomic E-state index is -1.10. The Balaban J connectivity index is 3.29. The van der Waals surface area contributed by atoms with Gasteiger partial charge in [0.25, 0.3) is 0 Å². The zero-order chi connectivity index (χ0) is 6.57. The summed E-state index contributed by atoms with van der Waals surface area (Å²) in [6.07, 6.45) is -2.10. The third-order valence-electron chi connectivity index (χ3n) is 0.873. The lowest BCUT2D eigenvalue weighted by molar-refractivity contribution is -0.00894. The van der Waals surface area contributed by atoms with Crippen LogP contribution in [0.3, 0.4) is 0 Å². The predicted molar refractivity (Wildman–Crippen MR) is 28.2 cm³/mol. The summed E-state index contributed by atoms with van der Waals surface area (Å²) in [4.78, 5) is 0. The molecule has 1 unspecified atom stereocenters. The lowest BCUT2D eigenvalue weighted by atomic mass is 10.2. The van der Waals surface area contributed by atoms with Crippen LogP contribution in [-0.2, 0) is 0 Å². The van der Waals surface area contributed by atoms with Gasteiger partial charge in [0, 0.05) is 6.54 Å². The quantitative estimate of drug-likeness (QED) is 0.337. The molecular weight excluding hydrogens is 110 g/mol. The van der Waals surface area contributed by atoms with Crippen molar-refractivity contribution in [3.05, 3.63) is 0 Å². The molecule has 0 aromatic rings. The molecule has 4 heteroatoms. The SMILES string of the molecule is NC[C@@H](O)C(O)CO. The van der Waals surface area contributed by atoms with Gasteiger partial charge in [-0.05, 0) is 0 Å². The summed E-state index contributed by atoms with van der Waals surface area (Å²) in [7, 11) is 0. The topological polar surface area (TPSA) is 86.7 Å². The molecule has 0 fully saturated rings. The predicted octanol–water partition coefficient (Wildman–Crippen LogP) is -2.34. The van der Waals surface area contributed by atoms with Gasteiger partial charge >= 0.3 is 0 Å². The molecule has 50 valence electrons. The van der Waals surface area contributed by atoms with Crippen LogP contribution in [0.4, 0.5) is 0 Å². The molecule has 2 atom stereocenters. The van der Waals surface area contributed by atoms with Gasteiger partial charge in [0.15, 0.2) is 0 Å². The van der Waals surface area contributed by atoms with Crippen LogP contribution >= 0.6 is 0 Å². The summed E-state index contributed by atoms with van der Waals surface area (Å²) in [5, 5.41) is 25.3. The second-order valence-corrected chi connectivity index (χ2v) is 1.55. The Morgan fingerprint density at radius 1 is 1.25 bits per heavy atom. The molecule has 0 aromatic carbocycles. The van der Waals surface area contributed by atoms with Crippen LogP contribution in [-0.4, -0.2) is 40.7 Å². The van der Waals surface area contributed by atoms with Gasteiger partial charge in [0.2, 0.25) is 0 Å². The van der Waals surface area contributed by atoms with Crippen LogP contribution in [0.5, 0.6) is 0 Å². The van der Waals surface area contributed by atoms with Gasteiger partial charge in [0.1, 0.15) is 6.10 Å². The third-order valence-corrected chi connectivity index (χ3v) is 0.873. The Labute approximate surface area is 47.6 Å². The Morgan fingerprint density at radius 3 is 1.88 bits per heavy atom. The molecule has 8 heavy (non-hydrogen) atoms. The van der Waals surface area contributed by atoms with Crippen molar-refractivity contribution in [2.24, 2.45) is 5.73 Å². The number of aliphatic hydroxyl groups is 3. The van der Waals surface area contributed by atoms with Crippen molar-refractivity contribution in [2.45, 2.75) is 12.2 Å². The minimum Gasteiger partial charge on any atom is -0.394 e. The first kappa shape index (κ1) is 7.84. The van der Waals surface area contributed by atoms with E-state index in [0.717, 1.165) is 0 Å². The zero-order valence-electron chi connectivity index (χ0n) is 4.49. The Bertz CT molecular complexity index is 51.2. The van der Waals surface area contributed by atoms with Crippen LogP contribution in [0, 0.1) is 0 Å². The zero-order valence-corrected chi connectivity index (χ0v) is 4.49. The van der Waals surface area contributed by atoms with E-state index in [2.05, 4.69) is 0 Å². The van der Waals surface area contributed by atoms with Crippen molar-refractivity contribution < 1.29 is 15.3 Å². The van der Waals surface area contributed by atoms with Gasteiger partial charge in [-0.3, -0.25) is 0 Å². The highest BCUT2D eigenvalue weighted by Crippen LogP contribution is 1.87. The summed E-state index contributed by atoms with van der Waals surface area (Å²) in [5.74, 6) is 0. The molecule has 0 saturated carbocycles. The van der Waals surface area contributed by atoms with Gasteiger partial charge in [-0.1, -0.05) is 0 Å². The summed E-state index contributed by atoms with van der Waals surface area (Å²) in [5.41, 5.74) is 4.93. The van der Waals surface area contributed by atoms with Gasteiger partial charge in [-0.15, -0.1) is 0 Å². The molecule has 0 aliphatic rings. The monoisotopic (exact) mass is 121 g/mol. The Kier molecular flexibility index (Phi) is 3.72. The number of hydrogen-bond acceptors (Lipinski definition) is 4. The van der Waals surface area contributed by atoms with E-state index < -0.39 is 18.8 Å². The van der Waals surface area contributed by atoms with Gasteiger partial charge in [0.05, 0.1) is 12.7 Å². The molecule has 0 aliphatic heterocycles. The lowest BCUT2D eigenvalue weighted by Crippen LogP contribution is -2.35. The van der Waals surface area contributed by atoms with E-state index in [0.29, 0.717) is 0 Å². The van der Waals surface area contributed by atoms with Crippen LogP contribution in [0.15, 0.2) is 0 Å². The molecule has 0 spiro atoms. The first-order chi connectivity index (χ1) is 3.72. The molecule has 0 bridgehead atoms. The van der Waals surface area contributed by atoms with E-state index in [1.807, 2.05) is 0 Å². The highest BCUT2D eigenvalue weighted by Gasteiger charge is 2.11. The molecule has 0 amide bonds. The van der Waals surface area contributed by atoms with E-state index >= 15 is 0 Å². The van der Waals surface area contributed by atoms with E-state index in [-0.39, 0.29) is 6.54 Å². The first-order valence-electron chi connectivity index (χ1n) is 2.39. The van der Waals surface area contributed by atoms with Crippen LogP contribution in [0.2, 0.25) is 0 Å². The maximum absolute atomic E-state index is 8.59. The van der Waals surface area contributed by atoms with Gasteiger partial charge in [-0.25, -0.2) is 0 Å². The average molecular weight is 121 g/mol. The standard InChI is InChI=1S/C4H11NO3/c5-1-3(7)4(8)2-6/h3-4,6-8H,1-2,5H2/t3-,4?/m1/s1. The van der Waals surface area contributed by atoms with Crippen molar-refractivity contribution in [3.8, 4) is 0 Å². The lowest BCUT2D eigenvalue weighted by Gasteiger charge is -2.11. The summed E-state index contributed by atoms with van der Waals surface area (Å²) in [6.45, 7) is -0.472. The molecule has 5 N–H and O–H groups in total. The Hall–Kier alpha value is -0.160. The Morgan fingerprint density at radius 2 is 1.75 bits per heavy atom. The minimum absolute atomic E-state index is 0.0261. The number of aliphatic hydroxyl groups excluding tert-OH is 3. The fraction of sp³-hybridized carbons (Fsp3) is 1.00. The highest BCUT2D eigenvalue weighted by atomic mass is 16.4. The molecule has 4 nitrogen and oxygen atoms in total. The van der Waals surface area contributed by atoms with E-state index in [4.69, 9.17) is 21.1 Å².